The van der Waals surface area contributed by atoms with Gasteiger partial charge in [0.25, 0.3) is 0 Å². The van der Waals surface area contributed by atoms with Crippen LogP contribution >= 0.6 is 0 Å². The molecular formula is C19H18N2O3. The van der Waals surface area contributed by atoms with Crippen molar-refractivity contribution in [1.82, 2.24) is 10.6 Å². The quantitative estimate of drug-likeness (QED) is 0.908. The van der Waals surface area contributed by atoms with Crippen LogP contribution in [-0.2, 0) is 9.59 Å². The minimum absolute atomic E-state index is 0.00295. The minimum atomic E-state index is -0.472. The van der Waals surface area contributed by atoms with E-state index in [0.29, 0.717) is 17.5 Å². The molecule has 5 nitrogen and oxygen atoms in total. The lowest BCUT2D eigenvalue weighted by molar-refractivity contribution is -0.126. The van der Waals surface area contributed by atoms with Crippen LogP contribution in [-0.4, -0.2) is 24.4 Å². The SMILES string of the molecule is O=C(CNC(=O)C1c2ccccc2Oc2ccccc21)NC1CC1. The molecule has 0 saturated heterocycles. The lowest BCUT2D eigenvalue weighted by atomic mass is 9.87. The summed E-state index contributed by atoms with van der Waals surface area (Å²) in [5, 5.41) is 5.63. The summed E-state index contributed by atoms with van der Waals surface area (Å²) in [7, 11) is 0. The molecule has 2 N–H and O–H groups in total. The van der Waals surface area contributed by atoms with Crippen molar-refractivity contribution in [3.05, 3.63) is 59.7 Å². The van der Waals surface area contributed by atoms with Crippen LogP contribution in [0.15, 0.2) is 48.5 Å². The fraction of sp³-hybridized carbons (Fsp3) is 0.263. The first-order chi connectivity index (χ1) is 11.7. The Bertz CT molecular complexity index is 753. The van der Waals surface area contributed by atoms with Gasteiger partial charge in [-0.1, -0.05) is 36.4 Å². The van der Waals surface area contributed by atoms with Gasteiger partial charge in [-0.05, 0) is 25.0 Å². The van der Waals surface area contributed by atoms with E-state index in [0.717, 1.165) is 24.0 Å². The number of rotatable bonds is 4. The van der Waals surface area contributed by atoms with Crippen LogP contribution in [0.1, 0.15) is 29.9 Å². The summed E-state index contributed by atoms with van der Waals surface area (Å²) >= 11 is 0. The molecule has 1 saturated carbocycles. The van der Waals surface area contributed by atoms with Crippen molar-refractivity contribution in [2.24, 2.45) is 0 Å². The van der Waals surface area contributed by atoms with Gasteiger partial charge in [-0.15, -0.1) is 0 Å². The van der Waals surface area contributed by atoms with Crippen molar-refractivity contribution >= 4 is 11.8 Å². The number of ether oxygens (including phenoxy) is 1. The van der Waals surface area contributed by atoms with Gasteiger partial charge in [0, 0.05) is 17.2 Å². The molecule has 0 spiro atoms. The van der Waals surface area contributed by atoms with E-state index in [1.165, 1.54) is 0 Å². The van der Waals surface area contributed by atoms with Gasteiger partial charge in [-0.25, -0.2) is 0 Å². The Morgan fingerprint density at radius 3 is 2.12 bits per heavy atom. The predicted molar refractivity (Wildman–Crippen MR) is 89.0 cm³/mol. The van der Waals surface area contributed by atoms with Crippen LogP contribution in [0.2, 0.25) is 0 Å². The molecule has 4 rings (SSSR count). The van der Waals surface area contributed by atoms with Crippen molar-refractivity contribution < 1.29 is 14.3 Å². The highest BCUT2D eigenvalue weighted by Crippen LogP contribution is 2.43. The Labute approximate surface area is 140 Å². The molecule has 0 bridgehead atoms. The van der Waals surface area contributed by atoms with E-state index >= 15 is 0 Å². The molecule has 2 aromatic rings. The summed E-state index contributed by atoms with van der Waals surface area (Å²) in [5.41, 5.74) is 1.63. The molecule has 1 heterocycles. The molecular weight excluding hydrogens is 304 g/mol. The predicted octanol–water partition coefficient (Wildman–Crippen LogP) is 2.32. The molecule has 122 valence electrons. The summed E-state index contributed by atoms with van der Waals surface area (Å²) in [6, 6.07) is 15.3. The third-order valence-electron chi connectivity index (χ3n) is 4.31. The molecule has 5 heteroatoms. The summed E-state index contributed by atoms with van der Waals surface area (Å²) < 4.78 is 5.89. The Morgan fingerprint density at radius 1 is 0.958 bits per heavy atom. The van der Waals surface area contributed by atoms with E-state index in [1.807, 2.05) is 48.5 Å². The number of hydrogen-bond donors (Lipinski definition) is 2. The standard InChI is InChI=1S/C19H18N2O3/c22-17(21-12-9-10-12)11-20-19(23)18-13-5-1-3-7-15(13)24-16-8-4-2-6-14(16)18/h1-8,12,18H,9-11H2,(H,20,23)(H,21,22). The molecule has 2 amide bonds. The number of carbonyl (C=O) groups is 2. The highest BCUT2D eigenvalue weighted by molar-refractivity contribution is 5.92. The fourth-order valence-corrected chi connectivity index (χ4v) is 2.97. The van der Waals surface area contributed by atoms with Crippen molar-refractivity contribution in [3.8, 4) is 11.5 Å². The Kier molecular flexibility index (Phi) is 3.69. The van der Waals surface area contributed by atoms with Crippen LogP contribution in [0.25, 0.3) is 0 Å². The van der Waals surface area contributed by atoms with Gasteiger partial charge in [0.05, 0.1) is 12.5 Å². The molecule has 0 unspecified atom stereocenters. The maximum atomic E-state index is 12.8. The van der Waals surface area contributed by atoms with E-state index in [9.17, 15) is 9.59 Å². The first-order valence-corrected chi connectivity index (χ1v) is 8.15. The monoisotopic (exact) mass is 322 g/mol. The van der Waals surface area contributed by atoms with E-state index < -0.39 is 5.92 Å². The number of hydrogen-bond acceptors (Lipinski definition) is 3. The second-order valence-corrected chi connectivity index (χ2v) is 6.17. The normalized spacial score (nSPS) is 15.7. The highest BCUT2D eigenvalue weighted by atomic mass is 16.5. The van der Waals surface area contributed by atoms with Gasteiger partial charge in [0.15, 0.2) is 0 Å². The number of fused-ring (bicyclic) bond motifs is 2. The second-order valence-electron chi connectivity index (χ2n) is 6.17. The first-order valence-electron chi connectivity index (χ1n) is 8.15. The zero-order valence-electron chi connectivity index (χ0n) is 13.1. The average Bonchev–Trinajstić information content (AvgIpc) is 3.41. The summed E-state index contributed by atoms with van der Waals surface area (Å²) in [6.07, 6.45) is 2.06. The molecule has 2 aromatic carbocycles. The van der Waals surface area contributed by atoms with Crippen LogP contribution < -0.4 is 15.4 Å². The van der Waals surface area contributed by atoms with Gasteiger partial charge in [0.1, 0.15) is 11.5 Å². The van der Waals surface area contributed by atoms with E-state index in [2.05, 4.69) is 10.6 Å². The second kappa shape index (κ2) is 6.00. The number of carbonyl (C=O) groups excluding carboxylic acids is 2. The Morgan fingerprint density at radius 2 is 1.54 bits per heavy atom. The Balaban J connectivity index is 1.57. The van der Waals surface area contributed by atoms with Crippen LogP contribution in [0, 0.1) is 0 Å². The van der Waals surface area contributed by atoms with Gasteiger partial charge in [-0.3, -0.25) is 9.59 Å². The summed E-state index contributed by atoms with van der Waals surface area (Å²) in [4.78, 5) is 24.6. The molecule has 0 radical (unpaired) electrons. The highest BCUT2D eigenvalue weighted by Gasteiger charge is 2.32. The number of amides is 2. The zero-order chi connectivity index (χ0) is 16.5. The van der Waals surface area contributed by atoms with Crippen molar-refractivity contribution in [1.29, 1.82) is 0 Å². The maximum absolute atomic E-state index is 12.8. The molecule has 2 aliphatic rings. The molecule has 1 aliphatic carbocycles. The smallest absolute Gasteiger partial charge is 0.239 e. The Hall–Kier alpha value is -2.82. The average molecular weight is 322 g/mol. The molecule has 0 aromatic heterocycles. The van der Waals surface area contributed by atoms with E-state index in [4.69, 9.17) is 4.74 Å². The molecule has 0 atom stereocenters. The maximum Gasteiger partial charge on any atom is 0.239 e. The van der Waals surface area contributed by atoms with E-state index in [1.54, 1.807) is 0 Å². The van der Waals surface area contributed by atoms with Crippen molar-refractivity contribution in [3.63, 3.8) is 0 Å². The number of para-hydroxylation sites is 2. The van der Waals surface area contributed by atoms with Gasteiger partial charge in [-0.2, -0.15) is 0 Å². The van der Waals surface area contributed by atoms with Crippen molar-refractivity contribution in [2.45, 2.75) is 24.8 Å². The van der Waals surface area contributed by atoms with Gasteiger partial charge < -0.3 is 15.4 Å². The zero-order valence-corrected chi connectivity index (χ0v) is 13.1. The molecule has 24 heavy (non-hydrogen) atoms. The molecule has 1 aliphatic heterocycles. The van der Waals surface area contributed by atoms with Crippen LogP contribution in [0.3, 0.4) is 0 Å². The first kappa shape index (κ1) is 14.8. The van der Waals surface area contributed by atoms with Gasteiger partial charge >= 0.3 is 0 Å². The summed E-state index contributed by atoms with van der Waals surface area (Å²) in [5.74, 6) is 0.557. The molecule has 1 fully saturated rings. The largest absolute Gasteiger partial charge is 0.457 e. The van der Waals surface area contributed by atoms with Crippen LogP contribution in [0.5, 0.6) is 11.5 Å². The number of benzene rings is 2. The lowest BCUT2D eigenvalue weighted by Gasteiger charge is -2.27. The third kappa shape index (κ3) is 2.85. The minimum Gasteiger partial charge on any atom is -0.457 e. The van der Waals surface area contributed by atoms with Crippen LogP contribution in [0.4, 0.5) is 0 Å². The van der Waals surface area contributed by atoms with Crippen molar-refractivity contribution in [2.75, 3.05) is 6.54 Å². The summed E-state index contributed by atoms with van der Waals surface area (Å²) in [6.45, 7) is -0.00295. The fourth-order valence-electron chi connectivity index (χ4n) is 2.97. The third-order valence-corrected chi connectivity index (χ3v) is 4.31. The topological polar surface area (TPSA) is 67.4 Å². The lowest BCUT2D eigenvalue weighted by Crippen LogP contribution is -2.40. The number of nitrogens with one attached hydrogen (secondary N) is 2. The van der Waals surface area contributed by atoms with Gasteiger partial charge in [0.2, 0.25) is 11.8 Å². The van der Waals surface area contributed by atoms with E-state index in [-0.39, 0.29) is 18.4 Å².